The highest BCUT2D eigenvalue weighted by molar-refractivity contribution is 5.88. The zero-order chi connectivity index (χ0) is 22.5. The fourth-order valence-electron chi connectivity index (χ4n) is 3.26. The van der Waals surface area contributed by atoms with Gasteiger partial charge in [0.15, 0.2) is 0 Å². The summed E-state index contributed by atoms with van der Waals surface area (Å²) in [4.78, 5) is 26.8. The molecule has 31 heavy (non-hydrogen) atoms. The number of nitro groups is 1. The van der Waals surface area contributed by atoms with Gasteiger partial charge in [-0.25, -0.2) is 0 Å². The lowest BCUT2D eigenvalue weighted by molar-refractivity contribution is -0.384. The van der Waals surface area contributed by atoms with Crippen LogP contribution in [0.15, 0.2) is 67.0 Å². The minimum Gasteiger partial charge on any atom is -0.350 e. The molecule has 1 heterocycles. The quantitative estimate of drug-likeness (QED) is 0.208. The monoisotopic (exact) mass is 421 g/mol. The molecule has 1 atom stereocenters. The second-order valence-corrected chi connectivity index (χ2v) is 7.62. The van der Waals surface area contributed by atoms with E-state index in [1.54, 1.807) is 24.4 Å². The summed E-state index contributed by atoms with van der Waals surface area (Å²) in [6, 6.07) is 10.6. The Morgan fingerprint density at radius 1 is 1.23 bits per heavy atom. The standard InChI is InChI=1S/C25H31N3O3/c1-3-4-11-22(23-14-16-24(17-15-23)28(30)31)12-6-13-25(29)27-20(2)8-5-9-21-10-7-18-26-19-21/h6-7,10,12-20H,3-5,8-9,11H2,1-2H3,(H,27,29)/t20-/m1/s1. The number of hydrogen-bond acceptors (Lipinski definition) is 4. The van der Waals surface area contributed by atoms with Gasteiger partial charge in [0.2, 0.25) is 5.91 Å². The SMILES string of the molecule is CCCCC(=CC=CC(=O)N[C@H](C)CCCc1cccnc1)c1ccc([N+](=O)[O-])cc1. The number of rotatable bonds is 12. The highest BCUT2D eigenvalue weighted by atomic mass is 16.6. The van der Waals surface area contributed by atoms with Gasteiger partial charge in [0.1, 0.15) is 0 Å². The molecule has 0 spiro atoms. The number of aryl methyl sites for hydroxylation is 1. The van der Waals surface area contributed by atoms with E-state index in [1.165, 1.54) is 23.8 Å². The normalized spacial score (nSPS) is 12.6. The van der Waals surface area contributed by atoms with Crippen LogP contribution in [0.1, 0.15) is 57.1 Å². The number of nitrogens with zero attached hydrogens (tertiary/aromatic N) is 2. The Bertz CT molecular complexity index is 890. The van der Waals surface area contributed by atoms with Crippen molar-refractivity contribution in [3.63, 3.8) is 0 Å². The summed E-state index contributed by atoms with van der Waals surface area (Å²) in [7, 11) is 0. The summed E-state index contributed by atoms with van der Waals surface area (Å²) < 4.78 is 0. The highest BCUT2D eigenvalue weighted by Crippen LogP contribution is 2.23. The van der Waals surface area contributed by atoms with Crippen molar-refractivity contribution in [1.82, 2.24) is 10.3 Å². The van der Waals surface area contributed by atoms with Crippen LogP contribution < -0.4 is 5.32 Å². The van der Waals surface area contributed by atoms with Gasteiger partial charge in [-0.3, -0.25) is 19.9 Å². The molecule has 1 aromatic carbocycles. The molecule has 0 unspecified atom stereocenters. The van der Waals surface area contributed by atoms with E-state index in [0.717, 1.165) is 49.7 Å². The Morgan fingerprint density at radius 2 is 2.00 bits per heavy atom. The zero-order valence-electron chi connectivity index (χ0n) is 18.3. The smallest absolute Gasteiger partial charge is 0.269 e. The van der Waals surface area contributed by atoms with Crippen LogP contribution in [0.2, 0.25) is 0 Å². The van der Waals surface area contributed by atoms with Gasteiger partial charge in [0.05, 0.1) is 4.92 Å². The summed E-state index contributed by atoms with van der Waals surface area (Å²) >= 11 is 0. The van der Waals surface area contributed by atoms with Crippen molar-refractivity contribution >= 4 is 17.2 Å². The van der Waals surface area contributed by atoms with E-state index in [4.69, 9.17) is 0 Å². The van der Waals surface area contributed by atoms with Crippen LogP contribution in [0.5, 0.6) is 0 Å². The topological polar surface area (TPSA) is 85.1 Å². The van der Waals surface area contributed by atoms with Gasteiger partial charge in [-0.2, -0.15) is 0 Å². The summed E-state index contributed by atoms with van der Waals surface area (Å²) in [6.45, 7) is 4.13. The molecule has 2 aromatic rings. The van der Waals surface area contributed by atoms with Crippen molar-refractivity contribution in [3.8, 4) is 0 Å². The van der Waals surface area contributed by atoms with Gasteiger partial charge in [-0.1, -0.05) is 31.6 Å². The van der Waals surface area contributed by atoms with Crippen molar-refractivity contribution in [3.05, 3.63) is 88.3 Å². The number of unbranched alkanes of at least 4 members (excludes halogenated alkanes) is 1. The fourth-order valence-corrected chi connectivity index (χ4v) is 3.26. The lowest BCUT2D eigenvalue weighted by Gasteiger charge is -2.12. The number of aromatic nitrogens is 1. The Hall–Kier alpha value is -3.28. The first-order valence-corrected chi connectivity index (χ1v) is 10.8. The lowest BCUT2D eigenvalue weighted by atomic mass is 9.99. The van der Waals surface area contributed by atoms with Crippen LogP contribution in [0.25, 0.3) is 5.57 Å². The van der Waals surface area contributed by atoms with Gasteiger partial charge < -0.3 is 5.32 Å². The number of nitrogens with one attached hydrogen (secondary N) is 1. The zero-order valence-corrected chi connectivity index (χ0v) is 18.3. The van der Waals surface area contributed by atoms with Crippen LogP contribution in [0, 0.1) is 10.1 Å². The number of allylic oxidation sites excluding steroid dienone is 3. The minimum atomic E-state index is -0.401. The third-order valence-electron chi connectivity index (χ3n) is 5.01. The Labute approximate surface area is 184 Å². The summed E-state index contributed by atoms with van der Waals surface area (Å²) in [5, 5.41) is 13.9. The van der Waals surface area contributed by atoms with E-state index in [9.17, 15) is 14.9 Å². The maximum Gasteiger partial charge on any atom is 0.269 e. The fraction of sp³-hybridized carbons (Fsp3) is 0.360. The molecule has 1 amide bonds. The average molecular weight is 422 g/mol. The predicted octanol–water partition coefficient (Wildman–Crippen LogP) is 5.65. The number of nitro benzene ring substituents is 1. The first-order chi connectivity index (χ1) is 15.0. The molecule has 1 aromatic heterocycles. The molecule has 0 saturated carbocycles. The molecule has 6 heteroatoms. The molecule has 0 fully saturated rings. The second kappa shape index (κ2) is 13.1. The molecule has 0 bridgehead atoms. The average Bonchev–Trinajstić information content (AvgIpc) is 2.77. The maximum absolute atomic E-state index is 12.2. The Morgan fingerprint density at radius 3 is 2.65 bits per heavy atom. The molecular formula is C25H31N3O3. The third-order valence-corrected chi connectivity index (χ3v) is 5.01. The van der Waals surface area contributed by atoms with Gasteiger partial charge in [-0.05, 0) is 73.9 Å². The van der Waals surface area contributed by atoms with Crippen LogP contribution >= 0.6 is 0 Å². The molecule has 1 N–H and O–H groups in total. The molecule has 164 valence electrons. The summed E-state index contributed by atoms with van der Waals surface area (Å²) in [5.41, 5.74) is 3.28. The molecule has 0 saturated heterocycles. The van der Waals surface area contributed by atoms with E-state index >= 15 is 0 Å². The van der Waals surface area contributed by atoms with Crippen LogP contribution in [0.3, 0.4) is 0 Å². The van der Waals surface area contributed by atoms with E-state index in [-0.39, 0.29) is 17.6 Å². The lowest BCUT2D eigenvalue weighted by Crippen LogP contribution is -2.31. The first kappa shape index (κ1) is 24.0. The van der Waals surface area contributed by atoms with Gasteiger partial charge >= 0.3 is 0 Å². The van der Waals surface area contributed by atoms with Crippen LogP contribution in [-0.2, 0) is 11.2 Å². The maximum atomic E-state index is 12.2. The molecule has 6 nitrogen and oxygen atoms in total. The predicted molar refractivity (Wildman–Crippen MR) is 125 cm³/mol. The Kier molecular flexibility index (Phi) is 10.1. The van der Waals surface area contributed by atoms with Crippen molar-refractivity contribution in [1.29, 1.82) is 0 Å². The molecular weight excluding hydrogens is 390 g/mol. The number of hydrogen-bond donors (Lipinski definition) is 1. The number of pyridine rings is 1. The molecule has 0 aliphatic heterocycles. The van der Waals surface area contributed by atoms with Gasteiger partial charge in [0, 0.05) is 36.6 Å². The van der Waals surface area contributed by atoms with Crippen molar-refractivity contribution in [2.24, 2.45) is 0 Å². The van der Waals surface area contributed by atoms with Gasteiger partial charge in [-0.15, -0.1) is 0 Å². The van der Waals surface area contributed by atoms with Crippen molar-refractivity contribution < 1.29 is 9.72 Å². The van der Waals surface area contributed by atoms with Crippen LogP contribution in [-0.4, -0.2) is 21.9 Å². The highest BCUT2D eigenvalue weighted by Gasteiger charge is 2.07. The number of carbonyl (C=O) groups is 1. The van der Waals surface area contributed by atoms with Crippen LogP contribution in [0.4, 0.5) is 5.69 Å². The van der Waals surface area contributed by atoms with E-state index in [1.807, 2.05) is 25.3 Å². The summed E-state index contributed by atoms with van der Waals surface area (Å²) in [6.07, 6.45) is 14.6. The van der Waals surface area contributed by atoms with E-state index < -0.39 is 4.92 Å². The van der Waals surface area contributed by atoms with Gasteiger partial charge in [0.25, 0.3) is 5.69 Å². The van der Waals surface area contributed by atoms with E-state index in [2.05, 4.69) is 23.3 Å². The number of benzene rings is 1. The Balaban J connectivity index is 1.88. The molecule has 0 aliphatic carbocycles. The molecule has 0 radical (unpaired) electrons. The van der Waals surface area contributed by atoms with E-state index in [0.29, 0.717) is 0 Å². The first-order valence-electron chi connectivity index (χ1n) is 10.8. The molecule has 2 rings (SSSR count). The number of non-ortho nitro benzene ring substituents is 1. The molecule has 0 aliphatic rings. The number of carbonyl (C=O) groups excluding carboxylic acids is 1. The summed E-state index contributed by atoms with van der Waals surface area (Å²) in [5.74, 6) is -0.122. The second-order valence-electron chi connectivity index (χ2n) is 7.62. The van der Waals surface area contributed by atoms with Crippen molar-refractivity contribution in [2.45, 2.75) is 58.4 Å². The minimum absolute atomic E-state index is 0.0750. The third kappa shape index (κ3) is 8.95. The van der Waals surface area contributed by atoms with Crippen molar-refractivity contribution in [2.75, 3.05) is 0 Å². The number of amides is 1. The largest absolute Gasteiger partial charge is 0.350 e.